The van der Waals surface area contributed by atoms with Crippen LogP contribution in [-0.2, 0) is 4.79 Å². The summed E-state index contributed by atoms with van der Waals surface area (Å²) in [6.45, 7) is 5.59. The van der Waals surface area contributed by atoms with Crippen molar-refractivity contribution < 1.29 is 4.79 Å². The van der Waals surface area contributed by atoms with Crippen LogP contribution < -0.4 is 5.73 Å². The summed E-state index contributed by atoms with van der Waals surface area (Å²) < 4.78 is 0. The van der Waals surface area contributed by atoms with E-state index in [2.05, 4.69) is 0 Å². The smallest absolute Gasteiger partial charge is 0.222 e. The molecule has 0 heterocycles. The predicted octanol–water partition coefficient (Wildman–Crippen LogP) is 3.66. The number of rotatable bonds is 7. The topological polar surface area (TPSA) is 46.3 Å². The first-order valence-corrected chi connectivity index (χ1v) is 7.90. The van der Waals surface area contributed by atoms with Crippen molar-refractivity contribution in [1.29, 1.82) is 0 Å². The highest BCUT2D eigenvalue weighted by molar-refractivity contribution is 7.99. The number of hydrogen-bond acceptors (Lipinski definition) is 3. The third-order valence-corrected chi connectivity index (χ3v) is 4.30. The van der Waals surface area contributed by atoms with Gasteiger partial charge in [0.25, 0.3) is 0 Å². The molecule has 0 saturated heterocycles. The molecule has 0 radical (unpaired) electrons. The molecule has 1 aromatic rings. The molecule has 1 aromatic carbocycles. The molecule has 2 N–H and O–H groups in total. The molecule has 0 aromatic heterocycles. The van der Waals surface area contributed by atoms with E-state index in [9.17, 15) is 4.79 Å². The lowest BCUT2D eigenvalue weighted by atomic mass is 10.3. The second-order valence-electron chi connectivity index (χ2n) is 4.20. The molecular weight excluding hydrogens is 280 g/mol. The van der Waals surface area contributed by atoms with Crippen LogP contribution in [0.4, 0.5) is 5.69 Å². The molecule has 0 unspecified atom stereocenters. The van der Waals surface area contributed by atoms with Gasteiger partial charge in [0.2, 0.25) is 5.91 Å². The Labute approximate surface area is 124 Å². The van der Waals surface area contributed by atoms with Crippen LogP contribution in [0, 0.1) is 0 Å². The maximum absolute atomic E-state index is 11.8. The standard InChI is InChI=1S/C14H21ClN2OS/c1-3-17(4-2)14(18)6-5-9-19-11-7-8-13(16)12(15)10-11/h7-8,10H,3-6,9,16H2,1-2H3. The number of nitrogen functional groups attached to an aromatic ring is 1. The van der Waals surface area contributed by atoms with E-state index < -0.39 is 0 Å². The maximum atomic E-state index is 11.8. The van der Waals surface area contributed by atoms with Crippen molar-refractivity contribution in [1.82, 2.24) is 4.90 Å². The molecule has 0 aliphatic rings. The number of benzene rings is 1. The Hall–Kier alpha value is -0.870. The number of carbonyl (C=O) groups is 1. The lowest BCUT2D eigenvalue weighted by molar-refractivity contribution is -0.130. The van der Waals surface area contributed by atoms with E-state index in [0.717, 1.165) is 30.2 Å². The van der Waals surface area contributed by atoms with Crippen molar-refractivity contribution in [3.63, 3.8) is 0 Å². The Balaban J connectivity index is 2.31. The van der Waals surface area contributed by atoms with E-state index >= 15 is 0 Å². The largest absolute Gasteiger partial charge is 0.398 e. The van der Waals surface area contributed by atoms with Crippen LogP contribution in [0.1, 0.15) is 26.7 Å². The van der Waals surface area contributed by atoms with E-state index in [4.69, 9.17) is 17.3 Å². The zero-order valence-electron chi connectivity index (χ0n) is 11.5. The molecule has 0 spiro atoms. The molecule has 1 amide bonds. The number of anilines is 1. The van der Waals surface area contributed by atoms with Crippen molar-refractivity contribution in [3.8, 4) is 0 Å². The van der Waals surface area contributed by atoms with Gasteiger partial charge < -0.3 is 10.6 Å². The first-order chi connectivity index (χ1) is 9.08. The van der Waals surface area contributed by atoms with Gasteiger partial charge in [-0.15, -0.1) is 11.8 Å². The highest BCUT2D eigenvalue weighted by atomic mass is 35.5. The third-order valence-electron chi connectivity index (χ3n) is 2.89. The van der Waals surface area contributed by atoms with Crippen molar-refractivity contribution in [2.45, 2.75) is 31.6 Å². The van der Waals surface area contributed by atoms with Gasteiger partial charge in [0, 0.05) is 24.4 Å². The van der Waals surface area contributed by atoms with Crippen molar-refractivity contribution in [2.75, 3.05) is 24.6 Å². The van der Waals surface area contributed by atoms with E-state index in [1.165, 1.54) is 0 Å². The molecule has 3 nitrogen and oxygen atoms in total. The third kappa shape index (κ3) is 5.33. The van der Waals surface area contributed by atoms with Gasteiger partial charge in [0.15, 0.2) is 0 Å². The van der Waals surface area contributed by atoms with Crippen LogP contribution in [-0.4, -0.2) is 29.6 Å². The first kappa shape index (κ1) is 16.2. The highest BCUT2D eigenvalue weighted by Gasteiger charge is 2.08. The van der Waals surface area contributed by atoms with Crippen LogP contribution in [0.25, 0.3) is 0 Å². The number of nitrogens with zero attached hydrogens (tertiary/aromatic N) is 1. The molecule has 0 atom stereocenters. The summed E-state index contributed by atoms with van der Waals surface area (Å²) in [5.74, 6) is 1.15. The second-order valence-corrected chi connectivity index (χ2v) is 5.78. The summed E-state index contributed by atoms with van der Waals surface area (Å²) in [5.41, 5.74) is 6.26. The average Bonchev–Trinajstić information content (AvgIpc) is 2.40. The van der Waals surface area contributed by atoms with Crippen LogP contribution in [0.15, 0.2) is 23.1 Å². The van der Waals surface area contributed by atoms with Crippen LogP contribution in [0.3, 0.4) is 0 Å². The summed E-state index contributed by atoms with van der Waals surface area (Å²) in [5, 5.41) is 0.587. The van der Waals surface area contributed by atoms with Crippen LogP contribution >= 0.6 is 23.4 Å². The zero-order chi connectivity index (χ0) is 14.3. The fourth-order valence-electron chi connectivity index (χ4n) is 1.75. The predicted molar refractivity (Wildman–Crippen MR) is 83.8 cm³/mol. The Morgan fingerprint density at radius 2 is 2.05 bits per heavy atom. The van der Waals surface area contributed by atoms with Gasteiger partial charge in [0.1, 0.15) is 0 Å². The highest BCUT2D eigenvalue weighted by Crippen LogP contribution is 2.26. The number of carbonyl (C=O) groups excluding carboxylic acids is 1. The minimum Gasteiger partial charge on any atom is -0.398 e. The zero-order valence-corrected chi connectivity index (χ0v) is 13.1. The van der Waals surface area contributed by atoms with Gasteiger partial charge in [0.05, 0.1) is 10.7 Å². The van der Waals surface area contributed by atoms with Crippen LogP contribution in [0.5, 0.6) is 0 Å². The number of halogens is 1. The van der Waals surface area contributed by atoms with Crippen molar-refractivity contribution in [2.24, 2.45) is 0 Å². The quantitative estimate of drug-likeness (QED) is 0.475. The van der Waals surface area contributed by atoms with Crippen molar-refractivity contribution in [3.05, 3.63) is 23.2 Å². The Kier molecular flexibility index (Phi) is 7.10. The second kappa shape index (κ2) is 8.33. The molecule has 19 heavy (non-hydrogen) atoms. The van der Waals surface area contributed by atoms with E-state index in [1.54, 1.807) is 11.8 Å². The number of thioether (sulfide) groups is 1. The Bertz CT molecular complexity index is 422. The number of amides is 1. The molecule has 1 rings (SSSR count). The van der Waals surface area contributed by atoms with Gasteiger partial charge >= 0.3 is 0 Å². The summed E-state index contributed by atoms with van der Waals surface area (Å²) >= 11 is 7.66. The molecule has 5 heteroatoms. The summed E-state index contributed by atoms with van der Waals surface area (Å²) in [6.07, 6.45) is 1.49. The summed E-state index contributed by atoms with van der Waals surface area (Å²) in [6, 6.07) is 5.64. The number of hydrogen-bond donors (Lipinski definition) is 1. The maximum Gasteiger partial charge on any atom is 0.222 e. The molecule has 0 fully saturated rings. The first-order valence-electron chi connectivity index (χ1n) is 6.54. The van der Waals surface area contributed by atoms with E-state index in [1.807, 2.05) is 36.9 Å². The van der Waals surface area contributed by atoms with Gasteiger partial charge in [-0.3, -0.25) is 4.79 Å². The fraction of sp³-hybridized carbons (Fsp3) is 0.500. The average molecular weight is 301 g/mol. The molecule has 0 aliphatic carbocycles. The summed E-state index contributed by atoms with van der Waals surface area (Å²) in [7, 11) is 0. The lowest BCUT2D eigenvalue weighted by Crippen LogP contribution is -2.30. The fourth-order valence-corrected chi connectivity index (χ4v) is 2.88. The van der Waals surface area contributed by atoms with Gasteiger partial charge in [-0.25, -0.2) is 0 Å². The van der Waals surface area contributed by atoms with Crippen molar-refractivity contribution >= 4 is 35.0 Å². The Morgan fingerprint density at radius 3 is 2.63 bits per heavy atom. The molecule has 0 aliphatic heterocycles. The minimum atomic E-state index is 0.237. The SMILES string of the molecule is CCN(CC)C(=O)CCCSc1ccc(N)c(Cl)c1. The van der Waals surface area contributed by atoms with Gasteiger partial charge in [-0.05, 0) is 44.2 Å². The van der Waals surface area contributed by atoms with E-state index in [0.29, 0.717) is 17.1 Å². The molecular formula is C14H21ClN2OS. The Morgan fingerprint density at radius 1 is 1.37 bits per heavy atom. The summed E-state index contributed by atoms with van der Waals surface area (Å²) in [4.78, 5) is 14.8. The minimum absolute atomic E-state index is 0.237. The van der Waals surface area contributed by atoms with Crippen LogP contribution in [0.2, 0.25) is 5.02 Å². The van der Waals surface area contributed by atoms with E-state index in [-0.39, 0.29) is 5.91 Å². The molecule has 0 saturated carbocycles. The molecule has 0 bridgehead atoms. The number of nitrogens with two attached hydrogens (primary N) is 1. The van der Waals surface area contributed by atoms with Gasteiger partial charge in [-0.1, -0.05) is 11.6 Å². The monoisotopic (exact) mass is 300 g/mol. The lowest BCUT2D eigenvalue weighted by Gasteiger charge is -2.18. The van der Waals surface area contributed by atoms with Gasteiger partial charge in [-0.2, -0.15) is 0 Å². The normalized spacial score (nSPS) is 10.5. The molecule has 106 valence electrons.